The largest absolute Gasteiger partial charge is 0.382 e. The van der Waals surface area contributed by atoms with Crippen molar-refractivity contribution in [1.29, 1.82) is 0 Å². The molecule has 0 saturated heterocycles. The third-order valence-corrected chi connectivity index (χ3v) is 21.2. The van der Waals surface area contributed by atoms with E-state index in [9.17, 15) is 17.6 Å². The Labute approximate surface area is 695 Å². The molecule has 573 valence electrons. The number of unbranched alkanes of at least 4 members (excludes halogenated alkanes) is 9. The van der Waals surface area contributed by atoms with Gasteiger partial charge >= 0.3 is 6.18 Å². The molecule has 15 rings (SSSR count). The molecule has 3 radical (unpaired) electrons. The van der Waals surface area contributed by atoms with Crippen molar-refractivity contribution in [3.8, 4) is 89.4 Å². The third kappa shape index (κ3) is 22.6. The molecule has 0 unspecified atom stereocenters. The second-order valence-corrected chi connectivity index (χ2v) is 29.2. The maximum absolute atomic E-state index is 14.8. The van der Waals surface area contributed by atoms with Gasteiger partial charge in [0, 0.05) is 66.1 Å². The van der Waals surface area contributed by atoms with Crippen LogP contribution in [0.15, 0.2) is 261 Å². The summed E-state index contributed by atoms with van der Waals surface area (Å²) in [4.78, 5) is 14.7. The number of hydrogen-bond acceptors (Lipinski definition) is 3. The average molecular weight is 2000 g/mol. The number of alkyl halides is 3. The molecule has 1 fully saturated rings. The Balaban J connectivity index is 0.000000175. The van der Waals surface area contributed by atoms with Crippen molar-refractivity contribution < 1.29 is 77.9 Å². The number of pyridine rings is 3. The van der Waals surface area contributed by atoms with E-state index in [1.165, 1.54) is 154 Å². The van der Waals surface area contributed by atoms with Crippen molar-refractivity contribution in [2.24, 2.45) is 0 Å². The minimum Gasteiger partial charge on any atom is -0.296 e. The molecule has 0 spiro atoms. The molecule has 0 N–H and O–H groups in total. The van der Waals surface area contributed by atoms with E-state index < -0.39 is 11.7 Å². The van der Waals surface area contributed by atoms with E-state index in [0.29, 0.717) is 22.4 Å². The number of benzene rings is 11. The molecule has 1 aliphatic rings. The van der Waals surface area contributed by atoms with Gasteiger partial charge in [-0.25, -0.2) is 0 Å². The topological polar surface area (TPSA) is 38.7 Å². The summed E-state index contributed by atoms with van der Waals surface area (Å²) in [6, 6.07) is 96.8. The Morgan fingerprint density at radius 3 is 1.34 bits per heavy atom. The van der Waals surface area contributed by atoms with E-state index in [2.05, 4.69) is 166 Å². The average Bonchev–Trinajstić information content (AvgIpc) is 0.748. The third-order valence-electron chi connectivity index (χ3n) is 21.2. The van der Waals surface area contributed by atoms with E-state index in [0.717, 1.165) is 114 Å². The molecule has 0 amide bonds. The summed E-state index contributed by atoms with van der Waals surface area (Å²) < 4.78 is 56.8. The van der Waals surface area contributed by atoms with Crippen molar-refractivity contribution in [2.45, 2.75) is 168 Å². The molecule has 111 heavy (non-hydrogen) atoms. The first kappa shape index (κ1) is 84.8. The van der Waals surface area contributed by atoms with Gasteiger partial charge in [-0.2, -0.15) is 13.2 Å². The van der Waals surface area contributed by atoms with Crippen molar-refractivity contribution in [3.05, 3.63) is 318 Å². The summed E-state index contributed by atoms with van der Waals surface area (Å²) in [6.07, 6.45) is 20.4. The van der Waals surface area contributed by atoms with E-state index in [1.807, 2.05) is 110 Å². The first-order chi connectivity index (χ1) is 52.8. The maximum atomic E-state index is 14.8. The van der Waals surface area contributed by atoms with Crippen LogP contribution in [0.4, 0.5) is 17.6 Å². The summed E-state index contributed by atoms with van der Waals surface area (Å²) >= 11 is 0. The first-order valence-corrected chi connectivity index (χ1v) is 39.3. The van der Waals surface area contributed by atoms with Gasteiger partial charge in [-0.15, -0.1) is 82.9 Å². The molecule has 10 heteroatoms. The van der Waals surface area contributed by atoms with Crippen LogP contribution in [-0.4, -0.2) is 15.0 Å². The summed E-state index contributed by atoms with van der Waals surface area (Å²) in [5.74, 6) is 0.461. The van der Waals surface area contributed by atoms with E-state index in [-0.39, 0.29) is 71.7 Å². The van der Waals surface area contributed by atoms with Gasteiger partial charge in [0.2, 0.25) is 0 Å². The zero-order chi connectivity index (χ0) is 74.6. The van der Waals surface area contributed by atoms with E-state index in [1.54, 1.807) is 18.2 Å². The minimum atomic E-state index is -4.48. The second kappa shape index (κ2) is 41.7. The Bertz CT molecular complexity index is 5270. The Hall–Kier alpha value is -8.68. The number of rotatable bonds is 24. The molecule has 11 aromatic carbocycles. The second-order valence-electron chi connectivity index (χ2n) is 29.2. The van der Waals surface area contributed by atoms with Gasteiger partial charge in [0.1, 0.15) is 0 Å². The molecule has 3 aromatic heterocycles. The molecule has 14 aromatic rings. The molecule has 0 aliphatic heterocycles. The number of halogens is 4. The molecule has 3 nitrogen and oxygen atoms in total. The van der Waals surface area contributed by atoms with Crippen LogP contribution in [0.25, 0.3) is 122 Å². The van der Waals surface area contributed by atoms with Crippen molar-refractivity contribution in [2.75, 3.05) is 0 Å². The predicted octanol–water partition coefficient (Wildman–Crippen LogP) is 29.3. The predicted molar refractivity (Wildman–Crippen MR) is 444 cm³/mol. The van der Waals surface area contributed by atoms with Gasteiger partial charge in [0.15, 0.2) is 0 Å². The number of nitrogens with zero attached hydrogens (tertiary/aromatic N) is 3. The summed E-state index contributed by atoms with van der Waals surface area (Å²) in [7, 11) is 0. The SMILES string of the molecule is CCCCCCc1ccc(-c2cc(-c3ccc4cc(-c5ccccc5)ccc4n3)[c-]cc2F)cc1.CCCCCCc1ccc(-c2cc(-c3nc4ccc(-c5ccccc5)cc4cc3C)[c-]cc2C(F)(F)F)cc1.CCCCCCc1ccc(-c2cc[c-]c(-c3ccc4cc(C5CCCCC5)ccc4n3)c2)cc1.[Ir].[Ir].[Ir]. The van der Waals surface area contributed by atoms with E-state index in [4.69, 9.17) is 15.0 Å². The van der Waals surface area contributed by atoms with Crippen LogP contribution in [0.2, 0.25) is 0 Å². The zero-order valence-electron chi connectivity index (χ0n) is 63.9. The van der Waals surface area contributed by atoms with Gasteiger partial charge in [-0.1, -0.05) is 297 Å². The summed E-state index contributed by atoms with van der Waals surface area (Å²) in [5.41, 5.74) is 22.3. The van der Waals surface area contributed by atoms with Gasteiger partial charge < -0.3 is 0 Å². The minimum absolute atomic E-state index is 0. The number of aromatic nitrogens is 3. The summed E-state index contributed by atoms with van der Waals surface area (Å²) in [5, 5.41) is 3.31. The molecule has 1 aliphatic carbocycles. The number of aryl methyl sites for hydroxylation is 4. The number of fused-ring (bicyclic) bond motifs is 3. The molecule has 3 heterocycles. The molecular weight excluding hydrogens is 1910 g/mol. The van der Waals surface area contributed by atoms with Gasteiger partial charge in [-0.05, 0) is 201 Å². The Kier molecular flexibility index (Phi) is 31.9. The van der Waals surface area contributed by atoms with Gasteiger partial charge in [-0.3, -0.25) is 19.3 Å². The smallest absolute Gasteiger partial charge is 0.296 e. The molecule has 1 saturated carbocycles. The quantitative estimate of drug-likeness (QED) is 0.0344. The molecule has 0 bridgehead atoms. The standard InChI is InChI=1S/C35H31F3N.C33H29FN.C33H36N.3Ir/c1-3-4-5-7-10-25-13-15-27(16-14-25)31-23-29(17-19-32(31)35(36,37)38)34-24(2)21-30-22-28(18-20-33(30)39-34)26-11-8-6-9-12-26;1-2-3-4-6-9-24-12-14-26(15-13-24)30-23-29(16-19-31(30)34)33-21-18-28-22-27(17-20-32(28)35-33)25-10-7-5-8-11-25;1-2-3-4-6-10-25-15-17-27(18-16-25)28-13-9-14-30(23-28)32-22-20-31-24-29(19-21-33(31)34-32)26-11-7-5-8-12-26;;;/h6,8-9,11-16,18-23H,3-5,7,10H2,1-2H3;5,7-8,10-15,17-23H,2-4,6,9H2,1H3;9,13,15-24,26H,2-8,10-12H2,1H3;;;/q3*-1;;;. The monoisotopic (exact) mass is 2010 g/mol. The number of hydrogen-bond donors (Lipinski definition) is 0. The van der Waals surface area contributed by atoms with Gasteiger partial charge in [0.25, 0.3) is 0 Å². The van der Waals surface area contributed by atoms with Crippen molar-refractivity contribution >= 4 is 32.7 Å². The van der Waals surface area contributed by atoms with Crippen LogP contribution < -0.4 is 0 Å². The van der Waals surface area contributed by atoms with Gasteiger partial charge in [0.05, 0.1) is 16.6 Å². The fourth-order valence-electron chi connectivity index (χ4n) is 15.0. The maximum Gasteiger partial charge on any atom is 0.382 e. The summed E-state index contributed by atoms with van der Waals surface area (Å²) in [6.45, 7) is 8.61. The van der Waals surface area contributed by atoms with Crippen molar-refractivity contribution in [1.82, 2.24) is 15.0 Å². The van der Waals surface area contributed by atoms with Crippen LogP contribution >= 0.6 is 0 Å². The fourth-order valence-corrected chi connectivity index (χ4v) is 15.0. The zero-order valence-corrected chi connectivity index (χ0v) is 71.1. The van der Waals surface area contributed by atoms with Crippen LogP contribution in [0.1, 0.15) is 169 Å². The van der Waals surface area contributed by atoms with Crippen LogP contribution in [0, 0.1) is 30.9 Å². The normalized spacial score (nSPS) is 12.1. The van der Waals surface area contributed by atoms with Crippen LogP contribution in [-0.2, 0) is 85.8 Å². The first-order valence-electron chi connectivity index (χ1n) is 39.3. The molecular formula is C101H96F4Ir3N3-3. The van der Waals surface area contributed by atoms with Crippen LogP contribution in [0.3, 0.4) is 0 Å². The Morgan fingerprint density at radius 1 is 0.369 bits per heavy atom. The van der Waals surface area contributed by atoms with E-state index >= 15 is 0 Å². The van der Waals surface area contributed by atoms with Crippen LogP contribution in [0.5, 0.6) is 0 Å². The van der Waals surface area contributed by atoms with Crippen molar-refractivity contribution in [3.63, 3.8) is 0 Å². The fraction of sp³-hybridized carbons (Fsp3) is 0.257. The Morgan fingerprint density at radius 2 is 0.811 bits per heavy atom. The molecule has 0 atom stereocenters.